The van der Waals surface area contributed by atoms with E-state index in [-0.39, 0.29) is 35.8 Å². The molecule has 3 heterocycles. The third kappa shape index (κ3) is 7.08. The summed E-state index contributed by atoms with van der Waals surface area (Å²) in [4.78, 5) is 10.9. The number of guanidine groups is 1. The number of benzene rings is 1. The van der Waals surface area contributed by atoms with Gasteiger partial charge in [-0.1, -0.05) is 12.1 Å². The molecule has 2 N–H and O–H groups in total. The maximum absolute atomic E-state index is 14.1. The van der Waals surface area contributed by atoms with Gasteiger partial charge < -0.3 is 24.7 Å². The van der Waals surface area contributed by atoms with Gasteiger partial charge in [0.15, 0.2) is 17.6 Å². The Labute approximate surface area is 210 Å². The third-order valence-electron chi connectivity index (χ3n) is 5.39. The van der Waals surface area contributed by atoms with Crippen LogP contribution < -0.4 is 20.3 Å². The van der Waals surface area contributed by atoms with Crippen molar-refractivity contribution in [1.29, 1.82) is 0 Å². The van der Waals surface area contributed by atoms with Crippen LogP contribution >= 0.6 is 24.0 Å². The number of aromatic nitrogens is 1. The molecule has 0 spiro atoms. The fourth-order valence-corrected chi connectivity index (χ4v) is 3.69. The highest BCUT2D eigenvalue weighted by molar-refractivity contribution is 14.0. The number of rotatable bonds is 8. The molecule has 1 aromatic carbocycles. The van der Waals surface area contributed by atoms with Crippen LogP contribution in [0.4, 0.5) is 10.2 Å². The molecule has 176 valence electrons. The van der Waals surface area contributed by atoms with E-state index in [9.17, 15) is 4.39 Å². The SMILES string of the molecule is COc1ccc(CN=C(NCCc2ccco2)NC2CCN(c3ncccc3F)C2)cc1.I. The third-order valence-corrected chi connectivity index (χ3v) is 5.39. The Bertz CT molecular complexity index is 1010. The van der Waals surface area contributed by atoms with Gasteiger partial charge in [0.2, 0.25) is 0 Å². The zero-order chi connectivity index (χ0) is 22.2. The Morgan fingerprint density at radius 2 is 2.09 bits per heavy atom. The fraction of sp³-hybridized carbons (Fsp3) is 0.333. The number of hydrogen-bond donors (Lipinski definition) is 2. The predicted octanol–water partition coefficient (Wildman–Crippen LogP) is 4.00. The summed E-state index contributed by atoms with van der Waals surface area (Å²) in [5.41, 5.74) is 1.08. The molecule has 9 heteroatoms. The average molecular weight is 565 g/mol. The summed E-state index contributed by atoms with van der Waals surface area (Å²) >= 11 is 0. The number of pyridine rings is 1. The van der Waals surface area contributed by atoms with Crippen LogP contribution in [0.15, 0.2) is 70.4 Å². The van der Waals surface area contributed by atoms with Gasteiger partial charge >= 0.3 is 0 Å². The van der Waals surface area contributed by atoms with E-state index in [2.05, 4.69) is 15.6 Å². The molecule has 1 fully saturated rings. The highest BCUT2D eigenvalue weighted by Gasteiger charge is 2.26. The van der Waals surface area contributed by atoms with E-state index in [1.165, 1.54) is 6.07 Å². The molecular formula is C24H29FIN5O2. The van der Waals surface area contributed by atoms with Crippen molar-refractivity contribution in [2.45, 2.75) is 25.4 Å². The minimum absolute atomic E-state index is 0. The van der Waals surface area contributed by atoms with Crippen LogP contribution in [-0.2, 0) is 13.0 Å². The second-order valence-corrected chi connectivity index (χ2v) is 7.65. The second-order valence-electron chi connectivity index (χ2n) is 7.65. The lowest BCUT2D eigenvalue weighted by molar-refractivity contribution is 0.414. The monoisotopic (exact) mass is 565 g/mol. The van der Waals surface area contributed by atoms with Crippen molar-refractivity contribution in [3.05, 3.63) is 78.1 Å². The highest BCUT2D eigenvalue weighted by Crippen LogP contribution is 2.20. The number of ether oxygens (including phenoxy) is 1. The van der Waals surface area contributed by atoms with Crippen LogP contribution in [-0.4, -0.2) is 43.7 Å². The summed E-state index contributed by atoms with van der Waals surface area (Å²) in [7, 11) is 1.65. The minimum Gasteiger partial charge on any atom is -0.497 e. The van der Waals surface area contributed by atoms with Crippen molar-refractivity contribution in [3.8, 4) is 5.75 Å². The Kier molecular flexibility index (Phi) is 9.35. The van der Waals surface area contributed by atoms with E-state index in [0.717, 1.165) is 42.4 Å². The van der Waals surface area contributed by atoms with E-state index in [4.69, 9.17) is 14.1 Å². The van der Waals surface area contributed by atoms with Gasteiger partial charge in [0.25, 0.3) is 0 Å². The Morgan fingerprint density at radius 3 is 2.82 bits per heavy atom. The molecular weight excluding hydrogens is 536 g/mol. The molecule has 1 saturated heterocycles. The lowest BCUT2D eigenvalue weighted by Crippen LogP contribution is -2.45. The molecule has 1 aliphatic rings. The molecule has 0 aliphatic carbocycles. The summed E-state index contributed by atoms with van der Waals surface area (Å²) in [5, 5.41) is 6.89. The van der Waals surface area contributed by atoms with E-state index < -0.39 is 0 Å². The highest BCUT2D eigenvalue weighted by atomic mass is 127. The van der Waals surface area contributed by atoms with Crippen LogP contribution in [0.5, 0.6) is 5.75 Å². The number of halogens is 2. The quantitative estimate of drug-likeness (QED) is 0.245. The molecule has 1 unspecified atom stereocenters. The number of anilines is 1. The number of furan rings is 1. The molecule has 0 bridgehead atoms. The van der Waals surface area contributed by atoms with Gasteiger partial charge in [-0.2, -0.15) is 0 Å². The maximum Gasteiger partial charge on any atom is 0.191 e. The van der Waals surface area contributed by atoms with Crippen molar-refractivity contribution in [1.82, 2.24) is 15.6 Å². The zero-order valence-electron chi connectivity index (χ0n) is 18.5. The number of aliphatic imine (C=N–C) groups is 1. The minimum atomic E-state index is -0.293. The van der Waals surface area contributed by atoms with Crippen molar-refractivity contribution in [2.75, 3.05) is 31.6 Å². The molecule has 33 heavy (non-hydrogen) atoms. The van der Waals surface area contributed by atoms with Crippen molar-refractivity contribution >= 4 is 35.8 Å². The second kappa shape index (κ2) is 12.4. The van der Waals surface area contributed by atoms with Gasteiger partial charge in [0.1, 0.15) is 11.5 Å². The molecule has 0 amide bonds. The Balaban J connectivity index is 0.00000306. The first-order valence-corrected chi connectivity index (χ1v) is 10.8. The van der Waals surface area contributed by atoms with Crippen LogP contribution in [0.2, 0.25) is 0 Å². The summed E-state index contributed by atoms with van der Waals surface area (Å²) in [6.45, 7) is 2.62. The first-order valence-electron chi connectivity index (χ1n) is 10.8. The summed E-state index contributed by atoms with van der Waals surface area (Å²) in [5.74, 6) is 2.57. The van der Waals surface area contributed by atoms with Crippen molar-refractivity contribution in [2.24, 2.45) is 4.99 Å². The van der Waals surface area contributed by atoms with Crippen molar-refractivity contribution in [3.63, 3.8) is 0 Å². The van der Waals surface area contributed by atoms with Crippen LogP contribution in [0, 0.1) is 5.82 Å². The molecule has 0 radical (unpaired) electrons. The van der Waals surface area contributed by atoms with Gasteiger partial charge in [0.05, 0.1) is 19.9 Å². The zero-order valence-corrected chi connectivity index (χ0v) is 20.9. The maximum atomic E-state index is 14.1. The number of nitrogens with one attached hydrogen (secondary N) is 2. The summed E-state index contributed by atoms with van der Waals surface area (Å²) in [6.07, 6.45) is 4.93. The van der Waals surface area contributed by atoms with Gasteiger partial charge in [-0.05, 0) is 48.4 Å². The normalized spacial score (nSPS) is 15.8. The molecule has 2 aromatic heterocycles. The lowest BCUT2D eigenvalue weighted by atomic mass is 10.2. The smallest absolute Gasteiger partial charge is 0.191 e. The molecule has 1 aliphatic heterocycles. The largest absolute Gasteiger partial charge is 0.497 e. The molecule has 3 aromatic rings. The topological polar surface area (TPSA) is 74.9 Å². The number of hydrogen-bond acceptors (Lipinski definition) is 5. The number of methoxy groups -OCH3 is 1. The van der Waals surface area contributed by atoms with Crippen molar-refractivity contribution < 1.29 is 13.5 Å². The predicted molar refractivity (Wildman–Crippen MR) is 138 cm³/mol. The van der Waals surface area contributed by atoms with Gasteiger partial charge in [-0.3, -0.25) is 0 Å². The molecule has 1 atom stereocenters. The number of nitrogens with zero attached hydrogens (tertiary/aromatic N) is 3. The van der Waals surface area contributed by atoms with Gasteiger partial charge in [0, 0.05) is 38.3 Å². The Hall–Kier alpha value is -2.82. The first kappa shape index (κ1) is 24.8. The van der Waals surface area contributed by atoms with E-state index >= 15 is 0 Å². The lowest BCUT2D eigenvalue weighted by Gasteiger charge is -2.20. The molecule has 4 rings (SSSR count). The van der Waals surface area contributed by atoms with Crippen LogP contribution in [0.25, 0.3) is 0 Å². The first-order chi connectivity index (χ1) is 15.7. The van der Waals surface area contributed by atoms with Gasteiger partial charge in [-0.15, -0.1) is 24.0 Å². The van der Waals surface area contributed by atoms with Crippen LogP contribution in [0.3, 0.4) is 0 Å². The summed E-state index contributed by atoms with van der Waals surface area (Å²) < 4.78 is 24.8. The van der Waals surface area contributed by atoms with Crippen LogP contribution in [0.1, 0.15) is 17.7 Å². The van der Waals surface area contributed by atoms with E-state index in [1.807, 2.05) is 41.3 Å². The standard InChI is InChI=1S/C24H28FN5O2.HI/c1-31-20-8-6-18(7-9-20)16-28-24(27-13-10-21-4-3-15-32-21)29-19-11-14-30(17-19)23-22(25)5-2-12-26-23;/h2-9,12,15,19H,10-11,13-14,16-17H2,1H3,(H2,27,28,29);1H. The summed E-state index contributed by atoms with van der Waals surface area (Å²) in [6, 6.07) is 14.9. The fourth-order valence-electron chi connectivity index (χ4n) is 3.69. The van der Waals surface area contributed by atoms with E-state index in [0.29, 0.717) is 25.5 Å². The Morgan fingerprint density at radius 1 is 1.24 bits per heavy atom. The molecule has 7 nitrogen and oxygen atoms in total. The average Bonchev–Trinajstić information content (AvgIpc) is 3.50. The van der Waals surface area contributed by atoms with Gasteiger partial charge in [-0.25, -0.2) is 14.4 Å². The van der Waals surface area contributed by atoms with E-state index in [1.54, 1.807) is 25.6 Å². The molecule has 0 saturated carbocycles.